The van der Waals surface area contributed by atoms with E-state index in [0.29, 0.717) is 44.9 Å². The van der Waals surface area contributed by atoms with Crippen molar-refractivity contribution >= 4 is 63.0 Å². The van der Waals surface area contributed by atoms with Crippen LogP contribution in [0.5, 0.6) is 0 Å². The molecule has 1 aliphatic heterocycles. The molecule has 2 aliphatic rings. The van der Waals surface area contributed by atoms with Crippen LogP contribution in [0, 0.1) is 0 Å². The van der Waals surface area contributed by atoms with Gasteiger partial charge in [0.25, 0.3) is 0 Å². The molecule has 2 heterocycles. The molecule has 3 aromatic carbocycles. The Morgan fingerprint density at radius 2 is 1.70 bits per heavy atom. The van der Waals surface area contributed by atoms with Crippen molar-refractivity contribution in [1.82, 2.24) is 4.98 Å². The summed E-state index contributed by atoms with van der Waals surface area (Å²) in [6, 6.07) is 26.5. The summed E-state index contributed by atoms with van der Waals surface area (Å²) < 4.78 is 47.8. The van der Waals surface area contributed by atoms with Crippen molar-refractivity contribution in [3.05, 3.63) is 131 Å². The lowest BCUT2D eigenvalue weighted by Crippen LogP contribution is -2.38. The SMILES string of the molecule is CN1C(=CC=C2CCCC(C=Cc3cnc4ccccc4[n+]3CCCOSOOO)=C2Sc2ccccc2)N(CCCOS(=O)(=O)O)c2ccccc21. The first-order chi connectivity index (χ1) is 25.8. The summed E-state index contributed by atoms with van der Waals surface area (Å²) in [4.78, 5) is 11.4. The molecule has 12 nitrogen and oxygen atoms in total. The van der Waals surface area contributed by atoms with E-state index >= 15 is 0 Å². The minimum absolute atomic E-state index is 0.125. The number of aryl methyl sites for hydroxylation is 1. The van der Waals surface area contributed by atoms with Gasteiger partial charge in [-0.3, -0.25) is 8.74 Å². The van der Waals surface area contributed by atoms with Crippen molar-refractivity contribution < 1.29 is 40.5 Å². The quantitative estimate of drug-likeness (QED) is 0.0267. The van der Waals surface area contributed by atoms with Crippen LogP contribution in [-0.4, -0.2) is 50.0 Å². The van der Waals surface area contributed by atoms with E-state index in [-0.39, 0.29) is 6.61 Å². The van der Waals surface area contributed by atoms with Gasteiger partial charge in [-0.15, -0.1) is 4.33 Å². The van der Waals surface area contributed by atoms with Crippen molar-refractivity contribution in [3.8, 4) is 0 Å². The van der Waals surface area contributed by atoms with Gasteiger partial charge < -0.3 is 9.80 Å². The van der Waals surface area contributed by atoms with Gasteiger partial charge in [-0.25, -0.2) is 14.4 Å². The maximum absolute atomic E-state index is 11.1. The van der Waals surface area contributed by atoms with E-state index in [1.807, 2.05) is 55.7 Å². The average molecular weight is 778 g/mol. The molecule has 6 rings (SSSR count). The standard InChI is InChI=1S/C38H40N4O8S3/c1-40-35-18-7-8-19-36(35)42(25-11-27-48-53(44,45)46)37(40)23-21-30-13-9-12-29(38(30)51-32-14-3-2-4-15-32)20-22-31-28-39-33-16-5-6-17-34(33)41(31)24-10-26-47-52-50-49-43/h2-8,14-23,28H,9-13,24-27H2,1H3,(H-,43,44,45,46)/p+1. The fourth-order valence-corrected chi connectivity index (χ4v) is 8.13. The monoisotopic (exact) mass is 777 g/mol. The molecular formula is C38H41N4O8S3+. The van der Waals surface area contributed by atoms with Gasteiger partial charge in [0, 0.05) is 42.0 Å². The Kier molecular flexibility index (Phi) is 13.7. The first-order valence-corrected chi connectivity index (χ1v) is 20.0. The molecule has 53 heavy (non-hydrogen) atoms. The third kappa shape index (κ3) is 10.3. The molecule has 1 aromatic heterocycles. The third-order valence-corrected chi connectivity index (χ3v) is 10.9. The molecule has 0 atom stereocenters. The van der Waals surface area contributed by atoms with E-state index in [9.17, 15) is 8.42 Å². The van der Waals surface area contributed by atoms with Gasteiger partial charge in [-0.1, -0.05) is 71.4 Å². The molecule has 0 unspecified atom stereocenters. The molecular weight excluding hydrogens is 737 g/mol. The van der Waals surface area contributed by atoms with Crippen LogP contribution >= 0.6 is 24.1 Å². The Morgan fingerprint density at radius 1 is 0.925 bits per heavy atom. The number of fused-ring (bicyclic) bond motifs is 2. The zero-order valence-electron chi connectivity index (χ0n) is 29.1. The van der Waals surface area contributed by atoms with Crippen LogP contribution in [0.4, 0.5) is 11.4 Å². The predicted molar refractivity (Wildman–Crippen MR) is 208 cm³/mol. The number of hydrogen-bond acceptors (Lipinski definition) is 12. The summed E-state index contributed by atoms with van der Waals surface area (Å²) >= 11 is 2.34. The van der Waals surface area contributed by atoms with Crippen molar-refractivity contribution in [3.63, 3.8) is 0 Å². The molecule has 0 saturated carbocycles. The molecule has 2 N–H and O–H groups in total. The molecule has 0 bridgehead atoms. The maximum Gasteiger partial charge on any atom is 0.397 e. The van der Waals surface area contributed by atoms with Crippen LogP contribution in [0.2, 0.25) is 0 Å². The third-order valence-electron chi connectivity index (χ3n) is 8.78. The van der Waals surface area contributed by atoms with E-state index in [4.69, 9.17) is 19.0 Å². The normalized spacial score (nSPS) is 16.5. The zero-order chi connectivity index (χ0) is 37.0. The lowest BCUT2D eigenvalue weighted by Gasteiger charge is -2.24. The van der Waals surface area contributed by atoms with Gasteiger partial charge in [0.05, 0.1) is 30.8 Å². The molecule has 0 fully saturated rings. The second-order valence-corrected chi connectivity index (χ2v) is 14.9. The van der Waals surface area contributed by atoms with Gasteiger partial charge >= 0.3 is 10.4 Å². The highest BCUT2D eigenvalue weighted by molar-refractivity contribution is 8.03. The first-order valence-electron chi connectivity index (χ1n) is 17.1. The second kappa shape index (κ2) is 18.8. The topological polar surface area (TPSA) is 135 Å². The summed E-state index contributed by atoms with van der Waals surface area (Å²) in [6.45, 7) is 1.42. The van der Waals surface area contributed by atoms with Gasteiger partial charge in [0.1, 0.15) is 11.3 Å². The Balaban J connectivity index is 1.33. The highest BCUT2D eigenvalue weighted by atomic mass is 32.3. The molecule has 15 heteroatoms. The fraction of sp³-hybridized carbons (Fsp3) is 0.263. The van der Waals surface area contributed by atoms with Crippen LogP contribution in [0.3, 0.4) is 0 Å². The summed E-state index contributed by atoms with van der Waals surface area (Å²) in [5.41, 5.74) is 7.39. The smallest absolute Gasteiger partial charge is 0.329 e. The predicted octanol–water partition coefficient (Wildman–Crippen LogP) is 8.09. The molecule has 0 spiro atoms. The van der Waals surface area contributed by atoms with Crippen molar-refractivity contribution in [1.29, 1.82) is 0 Å². The van der Waals surface area contributed by atoms with E-state index in [1.165, 1.54) is 16.1 Å². The number of hydrogen-bond donors (Lipinski definition) is 2. The highest BCUT2D eigenvalue weighted by Crippen LogP contribution is 2.43. The Labute approximate surface area is 318 Å². The van der Waals surface area contributed by atoms with E-state index < -0.39 is 10.4 Å². The van der Waals surface area contributed by atoms with E-state index in [1.54, 1.807) is 11.8 Å². The van der Waals surface area contributed by atoms with E-state index in [0.717, 1.165) is 58.1 Å². The van der Waals surface area contributed by atoms with Crippen LogP contribution in [0.25, 0.3) is 17.1 Å². The number of benzene rings is 3. The maximum atomic E-state index is 11.1. The number of thioether (sulfide) groups is 1. The van der Waals surface area contributed by atoms with E-state index in [2.05, 4.69) is 88.6 Å². The summed E-state index contributed by atoms with van der Waals surface area (Å²) in [6.07, 6.45) is 14.5. The average Bonchev–Trinajstić information content (AvgIpc) is 3.43. The first kappa shape index (κ1) is 38.7. The summed E-state index contributed by atoms with van der Waals surface area (Å²) in [5, 5.41) is 11.9. The Morgan fingerprint density at radius 3 is 2.51 bits per heavy atom. The fourth-order valence-electron chi connectivity index (χ4n) is 6.42. The number of rotatable bonds is 17. The van der Waals surface area contributed by atoms with Gasteiger partial charge in [0.15, 0.2) is 18.9 Å². The van der Waals surface area contributed by atoms with Crippen molar-refractivity contribution in [2.45, 2.75) is 43.5 Å². The van der Waals surface area contributed by atoms with Crippen LogP contribution < -0.4 is 14.4 Å². The number of para-hydroxylation sites is 4. The number of nitrogens with zero attached hydrogens (tertiary/aromatic N) is 4. The molecule has 4 aromatic rings. The highest BCUT2D eigenvalue weighted by Gasteiger charge is 2.28. The van der Waals surface area contributed by atoms with Gasteiger partial charge in [-0.05, 0) is 73.2 Å². The van der Waals surface area contributed by atoms with Crippen molar-refractivity contribution in [2.75, 3.05) is 36.6 Å². The van der Waals surface area contributed by atoms with Gasteiger partial charge in [0.2, 0.25) is 11.2 Å². The van der Waals surface area contributed by atoms with Crippen LogP contribution in [0.1, 0.15) is 37.8 Å². The molecule has 278 valence electrons. The Bertz CT molecular complexity index is 2110. The molecule has 1 aliphatic carbocycles. The number of allylic oxidation sites excluding steroid dienone is 5. The molecule has 0 radical (unpaired) electrons. The number of anilines is 2. The Hall–Kier alpha value is -4.03. The number of aromatic nitrogens is 2. The minimum atomic E-state index is -4.50. The van der Waals surface area contributed by atoms with Gasteiger partial charge in [-0.2, -0.15) is 13.0 Å². The lowest BCUT2D eigenvalue weighted by atomic mass is 9.94. The zero-order valence-corrected chi connectivity index (χ0v) is 31.6. The second-order valence-electron chi connectivity index (χ2n) is 12.2. The summed E-state index contributed by atoms with van der Waals surface area (Å²) in [7, 11) is -2.48. The van der Waals surface area contributed by atoms with Crippen molar-refractivity contribution in [2.24, 2.45) is 0 Å². The van der Waals surface area contributed by atoms with Crippen LogP contribution in [-0.2, 0) is 34.7 Å². The molecule has 0 saturated heterocycles. The van der Waals surface area contributed by atoms with Crippen LogP contribution in [0.15, 0.2) is 130 Å². The lowest BCUT2D eigenvalue weighted by molar-refractivity contribution is -0.674. The molecule has 0 amide bonds. The summed E-state index contributed by atoms with van der Waals surface area (Å²) in [5.74, 6) is 0.957. The minimum Gasteiger partial charge on any atom is -0.329 e. The largest absolute Gasteiger partial charge is 0.397 e.